The highest BCUT2D eigenvalue weighted by Crippen LogP contribution is 2.41. The summed E-state index contributed by atoms with van der Waals surface area (Å²) >= 11 is 6.06. The number of rotatable bonds is 10. The van der Waals surface area contributed by atoms with Gasteiger partial charge >= 0.3 is 0 Å². The molecule has 1 N–H and O–H groups in total. The van der Waals surface area contributed by atoms with Crippen molar-refractivity contribution in [3.8, 4) is 11.5 Å². The zero-order chi connectivity index (χ0) is 24.8. The fourth-order valence-electron chi connectivity index (χ4n) is 3.86. The van der Waals surface area contributed by atoms with Crippen LogP contribution in [0.1, 0.15) is 44.9 Å². The molecule has 0 bridgehead atoms. The van der Waals surface area contributed by atoms with Crippen molar-refractivity contribution < 1.29 is 28.9 Å². The van der Waals surface area contributed by atoms with Crippen LogP contribution in [-0.2, 0) is 14.3 Å². The highest BCUT2D eigenvalue weighted by molar-refractivity contribution is 6.46. The number of halogens is 1. The van der Waals surface area contributed by atoms with Crippen LogP contribution in [0.25, 0.3) is 5.76 Å². The third kappa shape index (κ3) is 5.54. The van der Waals surface area contributed by atoms with Gasteiger partial charge in [-0.05, 0) is 57.5 Å². The van der Waals surface area contributed by atoms with E-state index in [1.54, 1.807) is 42.5 Å². The Balaban J connectivity index is 2.13. The first kappa shape index (κ1) is 25.6. The average Bonchev–Trinajstić information content (AvgIpc) is 3.05. The first-order chi connectivity index (χ1) is 16.3. The Morgan fingerprint density at radius 2 is 1.74 bits per heavy atom. The number of hydrogen-bond donors (Lipinski definition) is 1. The van der Waals surface area contributed by atoms with E-state index in [1.807, 2.05) is 27.7 Å². The largest absolute Gasteiger partial charge is 0.507 e. The van der Waals surface area contributed by atoms with Gasteiger partial charge in [0.1, 0.15) is 17.3 Å². The van der Waals surface area contributed by atoms with Crippen molar-refractivity contribution in [3.63, 3.8) is 0 Å². The Kier molecular flexibility index (Phi) is 8.58. The fraction of sp³-hybridized carbons (Fsp3) is 0.385. The Morgan fingerprint density at radius 3 is 2.35 bits per heavy atom. The van der Waals surface area contributed by atoms with E-state index in [-0.39, 0.29) is 30.6 Å². The van der Waals surface area contributed by atoms with Gasteiger partial charge in [-0.15, -0.1) is 0 Å². The van der Waals surface area contributed by atoms with Gasteiger partial charge in [0, 0.05) is 17.6 Å². The molecule has 1 unspecified atom stereocenters. The SMILES string of the molecule is CCOc1ccc(/C(O)=C2/C(=O)C(=O)N(CCOC(C)C)C2c2ccc(Cl)cc2)c(OCC)c1. The van der Waals surface area contributed by atoms with Gasteiger partial charge in [0.05, 0.1) is 43.1 Å². The summed E-state index contributed by atoms with van der Waals surface area (Å²) in [5.74, 6) is -0.841. The molecule has 182 valence electrons. The van der Waals surface area contributed by atoms with Crippen LogP contribution in [0.3, 0.4) is 0 Å². The van der Waals surface area contributed by atoms with Gasteiger partial charge in [-0.1, -0.05) is 23.7 Å². The standard InChI is InChI=1S/C26H30ClNO6/c1-5-32-19-11-12-20(21(15-19)33-6-2)24(29)22-23(17-7-9-18(27)10-8-17)28(26(31)25(22)30)13-14-34-16(3)4/h7-12,15-16,23,29H,5-6,13-14H2,1-4H3/b24-22-. The molecule has 1 atom stereocenters. The number of ketones is 1. The molecular formula is C26H30ClNO6. The van der Waals surface area contributed by atoms with E-state index in [0.29, 0.717) is 40.9 Å². The van der Waals surface area contributed by atoms with Gasteiger partial charge in [-0.2, -0.15) is 0 Å². The van der Waals surface area contributed by atoms with Crippen molar-refractivity contribution in [1.82, 2.24) is 4.90 Å². The highest BCUT2D eigenvalue weighted by atomic mass is 35.5. The minimum Gasteiger partial charge on any atom is -0.507 e. The minimum atomic E-state index is -0.797. The van der Waals surface area contributed by atoms with E-state index in [9.17, 15) is 14.7 Å². The summed E-state index contributed by atoms with van der Waals surface area (Å²) in [7, 11) is 0. The molecular weight excluding hydrogens is 458 g/mol. The van der Waals surface area contributed by atoms with Crippen LogP contribution in [-0.4, -0.2) is 54.2 Å². The maximum absolute atomic E-state index is 13.2. The van der Waals surface area contributed by atoms with Crippen LogP contribution in [0.15, 0.2) is 48.0 Å². The van der Waals surface area contributed by atoms with Gasteiger partial charge in [0.2, 0.25) is 0 Å². The van der Waals surface area contributed by atoms with E-state index >= 15 is 0 Å². The van der Waals surface area contributed by atoms with Gasteiger partial charge in [0.25, 0.3) is 11.7 Å². The first-order valence-electron chi connectivity index (χ1n) is 11.3. The number of Topliss-reactive ketones (excluding diaryl/α,β-unsaturated/α-hetero) is 1. The third-order valence-electron chi connectivity index (χ3n) is 5.33. The molecule has 1 fully saturated rings. The number of carbonyl (C=O) groups excluding carboxylic acids is 2. The second-order valence-corrected chi connectivity index (χ2v) is 8.42. The molecule has 0 radical (unpaired) electrons. The van der Waals surface area contributed by atoms with Gasteiger partial charge in [-0.25, -0.2) is 0 Å². The number of aliphatic hydroxyl groups is 1. The number of hydrogen-bond acceptors (Lipinski definition) is 6. The maximum atomic E-state index is 13.2. The summed E-state index contributed by atoms with van der Waals surface area (Å²) in [5, 5.41) is 11.9. The molecule has 1 aliphatic heterocycles. The van der Waals surface area contributed by atoms with Crippen LogP contribution in [0.5, 0.6) is 11.5 Å². The van der Waals surface area contributed by atoms with E-state index < -0.39 is 17.7 Å². The van der Waals surface area contributed by atoms with Crippen molar-refractivity contribution in [1.29, 1.82) is 0 Å². The second-order valence-electron chi connectivity index (χ2n) is 7.99. The van der Waals surface area contributed by atoms with Crippen molar-refractivity contribution in [2.75, 3.05) is 26.4 Å². The Hall–Kier alpha value is -3.03. The lowest BCUT2D eigenvalue weighted by atomic mass is 9.95. The molecule has 1 heterocycles. The summed E-state index contributed by atoms with van der Waals surface area (Å²) in [6, 6.07) is 11.0. The summed E-state index contributed by atoms with van der Waals surface area (Å²) in [5.41, 5.74) is 0.946. The van der Waals surface area contributed by atoms with E-state index in [1.165, 1.54) is 4.90 Å². The van der Waals surface area contributed by atoms with Crippen molar-refractivity contribution >= 4 is 29.1 Å². The highest BCUT2D eigenvalue weighted by Gasteiger charge is 2.46. The molecule has 2 aromatic rings. The van der Waals surface area contributed by atoms with Gasteiger partial charge < -0.3 is 24.2 Å². The number of ether oxygens (including phenoxy) is 3. The molecule has 1 saturated heterocycles. The van der Waals surface area contributed by atoms with E-state index in [4.69, 9.17) is 25.8 Å². The molecule has 0 aliphatic carbocycles. The summed E-state index contributed by atoms with van der Waals surface area (Å²) in [4.78, 5) is 27.6. The zero-order valence-electron chi connectivity index (χ0n) is 19.8. The lowest BCUT2D eigenvalue weighted by Gasteiger charge is -2.26. The number of aliphatic hydroxyl groups excluding tert-OH is 1. The number of nitrogens with zero attached hydrogens (tertiary/aromatic N) is 1. The smallest absolute Gasteiger partial charge is 0.295 e. The Labute approximate surface area is 204 Å². The maximum Gasteiger partial charge on any atom is 0.295 e. The molecule has 1 aliphatic rings. The zero-order valence-corrected chi connectivity index (χ0v) is 20.6. The van der Waals surface area contributed by atoms with Crippen molar-refractivity contribution in [2.24, 2.45) is 0 Å². The normalized spacial score (nSPS) is 17.5. The van der Waals surface area contributed by atoms with Crippen molar-refractivity contribution in [2.45, 2.75) is 39.8 Å². The lowest BCUT2D eigenvalue weighted by Crippen LogP contribution is -2.33. The Bertz CT molecular complexity index is 1060. The molecule has 1 amide bonds. The third-order valence-corrected chi connectivity index (χ3v) is 5.58. The Morgan fingerprint density at radius 1 is 1.06 bits per heavy atom. The number of carbonyl (C=O) groups is 2. The molecule has 0 saturated carbocycles. The van der Waals surface area contributed by atoms with E-state index in [2.05, 4.69) is 0 Å². The van der Waals surface area contributed by atoms with Crippen LogP contribution >= 0.6 is 11.6 Å². The van der Waals surface area contributed by atoms with Crippen LogP contribution < -0.4 is 9.47 Å². The van der Waals surface area contributed by atoms with Gasteiger partial charge in [-0.3, -0.25) is 9.59 Å². The molecule has 2 aromatic carbocycles. The number of amides is 1. The quantitative estimate of drug-likeness (QED) is 0.289. The topological polar surface area (TPSA) is 85.3 Å². The number of likely N-dealkylation sites (tertiary alicyclic amines) is 1. The minimum absolute atomic E-state index is 0.0121. The molecule has 0 spiro atoms. The monoisotopic (exact) mass is 487 g/mol. The van der Waals surface area contributed by atoms with E-state index in [0.717, 1.165) is 0 Å². The summed E-state index contributed by atoms with van der Waals surface area (Å²) < 4.78 is 16.9. The summed E-state index contributed by atoms with van der Waals surface area (Å²) in [6.07, 6.45) is -0.0246. The van der Waals surface area contributed by atoms with Gasteiger partial charge in [0.15, 0.2) is 0 Å². The molecule has 8 heteroatoms. The average molecular weight is 488 g/mol. The van der Waals surface area contributed by atoms with Crippen LogP contribution in [0, 0.1) is 0 Å². The predicted octanol–water partition coefficient (Wildman–Crippen LogP) is 4.98. The molecule has 0 aromatic heterocycles. The van der Waals surface area contributed by atoms with Crippen LogP contribution in [0.4, 0.5) is 0 Å². The predicted molar refractivity (Wildman–Crippen MR) is 130 cm³/mol. The first-order valence-corrected chi connectivity index (χ1v) is 11.7. The second kappa shape index (κ2) is 11.4. The molecule has 34 heavy (non-hydrogen) atoms. The van der Waals surface area contributed by atoms with Crippen molar-refractivity contribution in [3.05, 3.63) is 64.2 Å². The molecule has 3 rings (SSSR count). The van der Waals surface area contributed by atoms with Crippen LogP contribution in [0.2, 0.25) is 5.02 Å². The summed E-state index contributed by atoms with van der Waals surface area (Å²) in [6.45, 7) is 8.73. The molecule has 7 nitrogen and oxygen atoms in total. The fourth-order valence-corrected chi connectivity index (χ4v) is 3.99. The number of benzene rings is 2. The lowest BCUT2D eigenvalue weighted by molar-refractivity contribution is -0.140.